The number of fused-ring (bicyclic) bond motifs is 1. The summed E-state index contributed by atoms with van der Waals surface area (Å²) >= 11 is 1.35. The summed E-state index contributed by atoms with van der Waals surface area (Å²) in [7, 11) is 0. The normalized spacial score (nSPS) is 11.9. The predicted molar refractivity (Wildman–Crippen MR) is 124 cm³/mol. The van der Waals surface area contributed by atoms with Crippen molar-refractivity contribution in [2.45, 2.75) is 57.0 Å². The van der Waals surface area contributed by atoms with Gasteiger partial charge in [-0.15, -0.1) is 0 Å². The van der Waals surface area contributed by atoms with Gasteiger partial charge in [0.2, 0.25) is 11.7 Å². The molecule has 2 aromatic heterocycles. The minimum Gasteiger partial charge on any atom is -0.338 e. The van der Waals surface area contributed by atoms with E-state index in [2.05, 4.69) is 48.0 Å². The molecule has 8 heteroatoms. The highest BCUT2D eigenvalue weighted by molar-refractivity contribution is 7.98. The van der Waals surface area contributed by atoms with E-state index in [4.69, 9.17) is 4.52 Å². The third-order valence-corrected chi connectivity index (χ3v) is 6.09. The van der Waals surface area contributed by atoms with E-state index in [-0.39, 0.29) is 16.4 Å². The maximum absolute atomic E-state index is 13.6. The zero-order valence-corrected chi connectivity index (χ0v) is 19.4. The minimum absolute atomic E-state index is 0.0739. The third-order valence-electron chi connectivity index (χ3n) is 5.13. The SMILES string of the molecule is CCCn1c(SCc2nc(-c3ccc(C(C)(C)C)cc3)no2)nc2ccc(F)cc2c1=O. The molecule has 0 saturated heterocycles. The molecule has 0 aliphatic heterocycles. The summed E-state index contributed by atoms with van der Waals surface area (Å²) in [5.41, 5.74) is 2.41. The van der Waals surface area contributed by atoms with Crippen molar-refractivity contribution in [1.29, 1.82) is 0 Å². The summed E-state index contributed by atoms with van der Waals surface area (Å²) < 4.78 is 20.6. The highest BCUT2D eigenvalue weighted by Gasteiger charge is 2.16. The van der Waals surface area contributed by atoms with Crippen LogP contribution in [0.25, 0.3) is 22.3 Å². The summed E-state index contributed by atoms with van der Waals surface area (Å²) in [6.07, 6.45) is 0.755. The molecule has 0 amide bonds. The van der Waals surface area contributed by atoms with E-state index in [9.17, 15) is 9.18 Å². The smallest absolute Gasteiger partial charge is 0.262 e. The summed E-state index contributed by atoms with van der Waals surface area (Å²) in [6.45, 7) is 8.98. The Bertz CT molecular complexity index is 1310. The first-order valence-electron chi connectivity index (χ1n) is 10.5. The summed E-state index contributed by atoms with van der Waals surface area (Å²) in [4.78, 5) is 22.0. The first kappa shape index (κ1) is 22.2. The topological polar surface area (TPSA) is 73.8 Å². The molecule has 0 saturated carbocycles. The Morgan fingerprint density at radius 3 is 2.53 bits per heavy atom. The predicted octanol–water partition coefficient (Wildman–Crippen LogP) is 5.59. The van der Waals surface area contributed by atoms with Gasteiger partial charge < -0.3 is 4.52 Å². The average molecular weight is 453 g/mol. The second-order valence-corrected chi connectivity index (χ2v) is 9.58. The van der Waals surface area contributed by atoms with Gasteiger partial charge in [-0.1, -0.05) is 68.9 Å². The quantitative estimate of drug-likeness (QED) is 0.281. The fourth-order valence-electron chi connectivity index (χ4n) is 3.38. The fourth-order valence-corrected chi connectivity index (χ4v) is 4.24. The lowest BCUT2D eigenvalue weighted by molar-refractivity contribution is 0.391. The molecule has 0 bridgehead atoms. The van der Waals surface area contributed by atoms with E-state index >= 15 is 0 Å². The first-order valence-corrected chi connectivity index (χ1v) is 11.5. The number of aromatic nitrogens is 4. The molecule has 0 N–H and O–H groups in total. The number of benzene rings is 2. The standard InChI is InChI=1S/C24H25FN4O2S/c1-5-12-29-22(30)18-13-17(25)10-11-19(18)26-23(29)32-14-20-27-21(28-31-20)15-6-8-16(9-7-15)24(2,3)4/h6-11,13H,5,12,14H2,1-4H3. The lowest BCUT2D eigenvalue weighted by atomic mass is 9.87. The number of thioether (sulfide) groups is 1. The van der Waals surface area contributed by atoms with Crippen molar-refractivity contribution in [3.8, 4) is 11.4 Å². The number of nitrogens with zero attached hydrogens (tertiary/aromatic N) is 4. The minimum atomic E-state index is -0.450. The highest BCUT2D eigenvalue weighted by Crippen LogP contribution is 2.26. The van der Waals surface area contributed by atoms with E-state index in [1.54, 1.807) is 4.57 Å². The van der Waals surface area contributed by atoms with Crippen LogP contribution in [0.1, 0.15) is 45.6 Å². The molecule has 0 atom stereocenters. The number of hydrogen-bond donors (Lipinski definition) is 0. The Hall–Kier alpha value is -3.00. The van der Waals surface area contributed by atoms with Gasteiger partial charge in [-0.25, -0.2) is 9.37 Å². The monoisotopic (exact) mass is 452 g/mol. The van der Waals surface area contributed by atoms with Crippen molar-refractivity contribution in [3.05, 3.63) is 70.1 Å². The van der Waals surface area contributed by atoms with Crippen molar-refractivity contribution in [3.63, 3.8) is 0 Å². The van der Waals surface area contributed by atoms with Crippen LogP contribution >= 0.6 is 11.8 Å². The molecule has 6 nitrogen and oxygen atoms in total. The largest absolute Gasteiger partial charge is 0.338 e. The van der Waals surface area contributed by atoms with Crippen molar-refractivity contribution in [2.24, 2.45) is 0 Å². The van der Waals surface area contributed by atoms with E-state index in [0.717, 1.165) is 12.0 Å². The Morgan fingerprint density at radius 1 is 1.09 bits per heavy atom. The molecule has 4 aromatic rings. The van der Waals surface area contributed by atoms with Crippen LogP contribution in [0.4, 0.5) is 4.39 Å². The van der Waals surface area contributed by atoms with Gasteiger partial charge in [0, 0.05) is 12.1 Å². The fraction of sp³-hybridized carbons (Fsp3) is 0.333. The van der Waals surface area contributed by atoms with E-state index < -0.39 is 5.82 Å². The Morgan fingerprint density at radius 2 is 1.84 bits per heavy atom. The highest BCUT2D eigenvalue weighted by atomic mass is 32.2. The number of halogens is 1. The van der Waals surface area contributed by atoms with Crippen LogP contribution in [0.15, 0.2) is 56.9 Å². The average Bonchev–Trinajstić information content (AvgIpc) is 3.24. The summed E-state index contributed by atoms with van der Waals surface area (Å²) in [5.74, 6) is 0.889. The van der Waals surface area contributed by atoms with Crippen molar-refractivity contribution in [1.82, 2.24) is 19.7 Å². The lowest BCUT2D eigenvalue weighted by Gasteiger charge is -2.18. The zero-order chi connectivity index (χ0) is 22.9. The number of rotatable bonds is 6. The molecule has 2 aromatic carbocycles. The summed E-state index contributed by atoms with van der Waals surface area (Å²) in [5, 5.41) is 4.92. The second kappa shape index (κ2) is 8.86. The molecule has 0 aliphatic carbocycles. The van der Waals surface area contributed by atoms with Gasteiger partial charge in [0.05, 0.1) is 16.7 Å². The Balaban J connectivity index is 1.57. The van der Waals surface area contributed by atoms with Crippen LogP contribution in [-0.2, 0) is 17.7 Å². The van der Waals surface area contributed by atoms with Crippen molar-refractivity contribution < 1.29 is 8.91 Å². The Kier molecular flexibility index (Phi) is 6.15. The summed E-state index contributed by atoms with van der Waals surface area (Å²) in [6, 6.07) is 12.2. The molecule has 0 aliphatic rings. The van der Waals surface area contributed by atoms with Crippen LogP contribution in [-0.4, -0.2) is 19.7 Å². The van der Waals surface area contributed by atoms with Gasteiger partial charge in [-0.2, -0.15) is 4.98 Å². The van der Waals surface area contributed by atoms with E-state index in [1.807, 2.05) is 19.1 Å². The molecule has 32 heavy (non-hydrogen) atoms. The number of hydrogen-bond acceptors (Lipinski definition) is 6. The van der Waals surface area contributed by atoms with Gasteiger partial charge >= 0.3 is 0 Å². The molecule has 2 heterocycles. The van der Waals surface area contributed by atoms with Gasteiger partial charge in [-0.3, -0.25) is 9.36 Å². The van der Waals surface area contributed by atoms with Crippen molar-refractivity contribution >= 4 is 22.7 Å². The van der Waals surface area contributed by atoms with Gasteiger partial charge in [-0.05, 0) is 35.6 Å². The van der Waals surface area contributed by atoms with Crippen molar-refractivity contribution in [2.75, 3.05) is 0 Å². The van der Waals surface area contributed by atoms with Crippen LogP contribution in [0.2, 0.25) is 0 Å². The van der Waals surface area contributed by atoms with E-state index in [0.29, 0.717) is 34.7 Å². The molecular formula is C24H25FN4O2S. The lowest BCUT2D eigenvalue weighted by Crippen LogP contribution is -2.23. The molecule has 0 fully saturated rings. The molecule has 4 rings (SSSR count). The van der Waals surface area contributed by atoms with Gasteiger partial charge in [0.15, 0.2) is 5.16 Å². The molecule has 0 unspecified atom stereocenters. The van der Waals surface area contributed by atoms with Crippen LogP contribution < -0.4 is 5.56 Å². The van der Waals surface area contributed by atoms with Crippen LogP contribution in [0.5, 0.6) is 0 Å². The van der Waals surface area contributed by atoms with Gasteiger partial charge in [0.1, 0.15) is 5.82 Å². The maximum atomic E-state index is 13.6. The maximum Gasteiger partial charge on any atom is 0.262 e. The molecular weight excluding hydrogens is 427 g/mol. The molecule has 0 radical (unpaired) electrons. The molecule has 166 valence electrons. The van der Waals surface area contributed by atoms with Gasteiger partial charge in [0.25, 0.3) is 5.56 Å². The van der Waals surface area contributed by atoms with Crippen LogP contribution in [0, 0.1) is 5.82 Å². The van der Waals surface area contributed by atoms with E-state index in [1.165, 1.54) is 35.5 Å². The van der Waals surface area contributed by atoms with Crippen LogP contribution in [0.3, 0.4) is 0 Å². The second-order valence-electron chi connectivity index (χ2n) is 8.64. The Labute approximate surface area is 189 Å². The zero-order valence-electron chi connectivity index (χ0n) is 18.6. The third kappa shape index (κ3) is 4.60. The molecule has 0 spiro atoms. The first-order chi connectivity index (χ1) is 15.3.